The van der Waals surface area contributed by atoms with Crippen LogP contribution in [-0.2, 0) is 4.57 Å². The summed E-state index contributed by atoms with van der Waals surface area (Å²) in [4.78, 5) is 0. The van der Waals surface area contributed by atoms with Crippen molar-refractivity contribution in [2.75, 3.05) is 0 Å². The van der Waals surface area contributed by atoms with Crippen LogP contribution in [-0.4, -0.2) is 0 Å². The molecule has 1 saturated carbocycles. The first kappa shape index (κ1) is 25.6. The molecule has 210 valence electrons. The van der Waals surface area contributed by atoms with Crippen LogP contribution >= 0.6 is 7.14 Å². The molecule has 0 radical (unpaired) electrons. The molecule has 7 aromatic carbocycles. The molecule has 0 spiro atoms. The lowest BCUT2D eigenvalue weighted by molar-refractivity contribution is 0.592. The number of hydrogen-bond donors (Lipinski definition) is 0. The fourth-order valence-electron chi connectivity index (χ4n) is 6.94. The maximum Gasteiger partial charge on any atom is 0.171 e. The molecule has 1 fully saturated rings. The molecule has 0 amide bonds. The second-order valence-electron chi connectivity index (χ2n) is 12.0. The van der Waals surface area contributed by atoms with Crippen molar-refractivity contribution >= 4 is 66.5 Å². The summed E-state index contributed by atoms with van der Waals surface area (Å²) >= 11 is 0. The van der Waals surface area contributed by atoms with Gasteiger partial charge in [0.2, 0.25) is 0 Å². The van der Waals surface area contributed by atoms with Crippen molar-refractivity contribution in [3.8, 4) is 11.1 Å². The van der Waals surface area contributed by atoms with E-state index in [1.165, 1.54) is 34.6 Å². The molecule has 9 rings (SSSR count). The minimum atomic E-state index is -3.13. The van der Waals surface area contributed by atoms with Crippen LogP contribution < -0.4 is 15.9 Å². The fraction of sp³-hybridized carbons (Fsp3) is 0.0732. The molecule has 1 aromatic heterocycles. The predicted molar refractivity (Wildman–Crippen MR) is 186 cm³/mol. The molecule has 3 heteroatoms. The third kappa shape index (κ3) is 3.91. The van der Waals surface area contributed by atoms with Crippen molar-refractivity contribution in [1.82, 2.24) is 0 Å². The van der Waals surface area contributed by atoms with Gasteiger partial charge in [0.15, 0.2) is 7.14 Å². The molecule has 0 bridgehead atoms. The van der Waals surface area contributed by atoms with Crippen LogP contribution in [0.5, 0.6) is 0 Å². The largest absolute Gasteiger partial charge is 0.455 e. The highest BCUT2D eigenvalue weighted by Crippen LogP contribution is 2.47. The first-order valence-corrected chi connectivity index (χ1v) is 17.0. The highest BCUT2D eigenvalue weighted by atomic mass is 31.2. The summed E-state index contributed by atoms with van der Waals surface area (Å²) in [5.41, 5.74) is 5.19. The predicted octanol–water partition coefficient (Wildman–Crippen LogP) is 10.1. The van der Waals surface area contributed by atoms with Crippen LogP contribution in [0.25, 0.3) is 54.6 Å². The van der Waals surface area contributed by atoms with Gasteiger partial charge in [-0.15, -0.1) is 0 Å². The topological polar surface area (TPSA) is 30.2 Å². The Morgan fingerprint density at radius 3 is 1.95 bits per heavy atom. The lowest BCUT2D eigenvalue weighted by Gasteiger charge is -2.20. The van der Waals surface area contributed by atoms with E-state index in [1.54, 1.807) is 0 Å². The summed E-state index contributed by atoms with van der Waals surface area (Å²) in [6, 6.07) is 50.1. The second-order valence-corrected chi connectivity index (χ2v) is 14.7. The molecular weight excluding hydrogens is 555 g/mol. The quantitative estimate of drug-likeness (QED) is 0.189. The van der Waals surface area contributed by atoms with Crippen LogP contribution in [0.2, 0.25) is 0 Å². The summed E-state index contributed by atoms with van der Waals surface area (Å²) in [5, 5.41) is 9.57. The number of benzene rings is 7. The molecule has 0 saturated heterocycles. The van der Waals surface area contributed by atoms with Gasteiger partial charge in [-0.3, -0.25) is 0 Å². The van der Waals surface area contributed by atoms with Gasteiger partial charge in [-0.25, -0.2) is 0 Å². The highest BCUT2D eigenvalue weighted by Gasteiger charge is 2.30. The summed E-state index contributed by atoms with van der Waals surface area (Å²) in [6.45, 7) is 0. The average Bonchev–Trinajstić information content (AvgIpc) is 3.87. The van der Waals surface area contributed by atoms with Crippen molar-refractivity contribution < 1.29 is 8.98 Å². The molecule has 0 atom stereocenters. The van der Waals surface area contributed by atoms with Gasteiger partial charge < -0.3 is 8.98 Å². The Morgan fingerprint density at radius 1 is 0.545 bits per heavy atom. The van der Waals surface area contributed by atoms with Crippen LogP contribution in [0.4, 0.5) is 0 Å². The number of hydrogen-bond acceptors (Lipinski definition) is 2. The molecular formula is C41H29O2P. The van der Waals surface area contributed by atoms with E-state index in [0.29, 0.717) is 5.92 Å². The minimum Gasteiger partial charge on any atom is -0.455 e. The Hall–Kier alpha value is -4.91. The van der Waals surface area contributed by atoms with Gasteiger partial charge in [-0.2, -0.15) is 0 Å². The number of fused-ring (bicyclic) bond motifs is 7. The second kappa shape index (κ2) is 9.81. The normalized spacial score (nSPS) is 13.7. The van der Waals surface area contributed by atoms with Gasteiger partial charge in [-0.05, 0) is 69.6 Å². The van der Waals surface area contributed by atoms with Gasteiger partial charge in [0, 0.05) is 32.2 Å². The van der Waals surface area contributed by atoms with E-state index in [1.807, 2.05) is 72.8 Å². The molecule has 1 aliphatic rings. The van der Waals surface area contributed by atoms with E-state index < -0.39 is 7.14 Å². The van der Waals surface area contributed by atoms with Crippen LogP contribution in [0.3, 0.4) is 0 Å². The molecule has 1 aliphatic carbocycles. The zero-order chi connectivity index (χ0) is 29.3. The van der Waals surface area contributed by atoms with Crippen LogP contribution in [0.15, 0.2) is 150 Å². The van der Waals surface area contributed by atoms with E-state index in [-0.39, 0.29) is 0 Å². The SMILES string of the molecule is O=P(c1ccccc1)(c1ccccc1)c1cccc(-c2cc3ccccc3c3c2oc2ccc4cc(C5CC5)ccc4c23)c1. The fourth-order valence-corrected chi connectivity index (χ4v) is 9.64. The van der Waals surface area contributed by atoms with Crippen LogP contribution in [0, 0.1) is 0 Å². The third-order valence-corrected chi connectivity index (χ3v) is 12.3. The van der Waals surface area contributed by atoms with Crippen molar-refractivity contribution in [2.45, 2.75) is 18.8 Å². The van der Waals surface area contributed by atoms with Gasteiger partial charge in [0.05, 0.1) is 0 Å². The van der Waals surface area contributed by atoms with E-state index >= 15 is 4.57 Å². The van der Waals surface area contributed by atoms with Gasteiger partial charge >= 0.3 is 0 Å². The zero-order valence-corrected chi connectivity index (χ0v) is 25.0. The molecule has 2 nitrogen and oxygen atoms in total. The van der Waals surface area contributed by atoms with Crippen molar-refractivity contribution in [3.63, 3.8) is 0 Å². The number of furan rings is 1. The third-order valence-electron chi connectivity index (χ3n) is 9.28. The Kier molecular flexibility index (Phi) is 5.70. The van der Waals surface area contributed by atoms with E-state index in [4.69, 9.17) is 4.42 Å². The first-order chi connectivity index (χ1) is 21.7. The van der Waals surface area contributed by atoms with Crippen molar-refractivity contribution in [3.05, 3.63) is 151 Å². The zero-order valence-electron chi connectivity index (χ0n) is 24.1. The van der Waals surface area contributed by atoms with Gasteiger partial charge in [0.1, 0.15) is 11.2 Å². The molecule has 0 unspecified atom stereocenters. The molecule has 0 aliphatic heterocycles. The Balaban J connectivity index is 1.32. The Bertz CT molecular complexity index is 2370. The summed E-state index contributed by atoms with van der Waals surface area (Å²) < 4.78 is 22.0. The van der Waals surface area contributed by atoms with Gasteiger partial charge in [0.25, 0.3) is 0 Å². The average molecular weight is 585 g/mol. The number of rotatable bonds is 5. The highest BCUT2D eigenvalue weighted by molar-refractivity contribution is 7.85. The monoisotopic (exact) mass is 584 g/mol. The Labute approximate surface area is 256 Å². The van der Waals surface area contributed by atoms with Crippen molar-refractivity contribution in [2.24, 2.45) is 0 Å². The molecule has 1 heterocycles. The lowest BCUT2D eigenvalue weighted by atomic mass is 9.94. The lowest BCUT2D eigenvalue weighted by Crippen LogP contribution is -2.25. The molecule has 0 N–H and O–H groups in total. The van der Waals surface area contributed by atoms with Crippen LogP contribution in [0.1, 0.15) is 24.3 Å². The Morgan fingerprint density at radius 2 is 1.20 bits per heavy atom. The summed E-state index contributed by atoms with van der Waals surface area (Å²) in [7, 11) is -3.13. The van der Waals surface area contributed by atoms with E-state index in [2.05, 4.69) is 72.8 Å². The summed E-state index contributed by atoms with van der Waals surface area (Å²) in [5.74, 6) is 0.707. The van der Waals surface area contributed by atoms with E-state index in [9.17, 15) is 0 Å². The molecule has 8 aromatic rings. The smallest absolute Gasteiger partial charge is 0.171 e. The van der Waals surface area contributed by atoms with Crippen molar-refractivity contribution in [1.29, 1.82) is 0 Å². The standard InChI is InChI=1S/C41H29O2P/c42-44(32-12-3-1-4-13-32,33-14-5-2-6-15-33)34-16-9-11-29(25-34)37-26-30-10-7-8-17-35(30)40-39-36-22-20-28(27-18-19-27)24-31(36)21-23-38(39)43-41(37)40/h1-17,20-27H,18-19H2. The first-order valence-electron chi connectivity index (χ1n) is 15.3. The maximum atomic E-state index is 15.2. The molecule has 44 heavy (non-hydrogen) atoms. The van der Waals surface area contributed by atoms with E-state index in [0.717, 1.165) is 54.4 Å². The van der Waals surface area contributed by atoms with Gasteiger partial charge in [-0.1, -0.05) is 127 Å². The maximum absolute atomic E-state index is 15.2. The summed E-state index contributed by atoms with van der Waals surface area (Å²) in [6.07, 6.45) is 2.58. The minimum absolute atomic E-state index is 0.707.